The molecule has 0 saturated carbocycles. The van der Waals surface area contributed by atoms with E-state index in [1.165, 1.54) is 31.2 Å². The molecular formula is C25H41N5O2. The summed E-state index contributed by atoms with van der Waals surface area (Å²) in [5.41, 5.74) is 1.33. The van der Waals surface area contributed by atoms with Crippen LogP contribution < -0.4 is 10.1 Å². The first-order chi connectivity index (χ1) is 15.8. The van der Waals surface area contributed by atoms with Gasteiger partial charge in [-0.25, -0.2) is 0 Å². The molecule has 32 heavy (non-hydrogen) atoms. The first kappa shape index (κ1) is 23.3. The molecule has 0 bridgehead atoms. The Bertz CT molecular complexity index is 714. The van der Waals surface area contributed by atoms with Crippen molar-refractivity contribution in [2.24, 2.45) is 4.99 Å². The Hall–Kier alpha value is -1.83. The average Bonchev–Trinajstić information content (AvgIpc) is 3.35. The van der Waals surface area contributed by atoms with Crippen molar-refractivity contribution in [1.82, 2.24) is 20.0 Å². The van der Waals surface area contributed by atoms with Crippen LogP contribution in [0, 0.1) is 0 Å². The minimum absolute atomic E-state index is 0.313. The predicted octanol–water partition coefficient (Wildman–Crippen LogP) is 2.59. The molecule has 0 spiro atoms. The van der Waals surface area contributed by atoms with Crippen LogP contribution in [-0.4, -0.2) is 99.4 Å². The molecule has 1 N–H and O–H groups in total. The maximum absolute atomic E-state index is 5.55. The zero-order valence-corrected chi connectivity index (χ0v) is 20.0. The van der Waals surface area contributed by atoms with E-state index in [-0.39, 0.29) is 0 Å². The van der Waals surface area contributed by atoms with Gasteiger partial charge in [0, 0.05) is 38.8 Å². The normalized spacial score (nSPS) is 24.5. The van der Waals surface area contributed by atoms with Crippen molar-refractivity contribution in [2.45, 2.75) is 44.7 Å². The molecule has 4 rings (SSSR count). The highest BCUT2D eigenvalue weighted by Gasteiger charge is 2.30. The molecule has 3 aliphatic rings. The second-order valence-electron chi connectivity index (χ2n) is 9.12. The van der Waals surface area contributed by atoms with Gasteiger partial charge in [-0.05, 0) is 57.0 Å². The molecule has 3 fully saturated rings. The highest BCUT2D eigenvalue weighted by atomic mass is 16.5. The van der Waals surface area contributed by atoms with Crippen LogP contribution in [-0.2, 0) is 4.74 Å². The first-order valence-corrected chi connectivity index (χ1v) is 12.5. The van der Waals surface area contributed by atoms with Gasteiger partial charge in [0.2, 0.25) is 0 Å². The Morgan fingerprint density at radius 3 is 2.53 bits per heavy atom. The summed E-state index contributed by atoms with van der Waals surface area (Å²) in [4.78, 5) is 12.9. The number of hydrogen-bond donors (Lipinski definition) is 1. The molecule has 0 aromatic heterocycles. The number of nitrogens with one attached hydrogen (secondary N) is 1. The van der Waals surface area contributed by atoms with Gasteiger partial charge >= 0.3 is 0 Å². The molecule has 3 heterocycles. The van der Waals surface area contributed by atoms with Crippen LogP contribution in [0.25, 0.3) is 0 Å². The minimum atomic E-state index is 0.313. The Labute approximate surface area is 193 Å². The van der Waals surface area contributed by atoms with Gasteiger partial charge in [0.25, 0.3) is 0 Å². The summed E-state index contributed by atoms with van der Waals surface area (Å²) in [7, 11) is 1.73. The molecule has 178 valence electrons. The maximum Gasteiger partial charge on any atom is 0.194 e. The van der Waals surface area contributed by atoms with Crippen molar-refractivity contribution < 1.29 is 9.47 Å². The van der Waals surface area contributed by atoms with Crippen molar-refractivity contribution in [3.63, 3.8) is 0 Å². The third-order valence-electron chi connectivity index (χ3n) is 7.11. The van der Waals surface area contributed by atoms with Crippen molar-refractivity contribution >= 4 is 5.96 Å². The molecule has 0 aliphatic carbocycles. The van der Waals surface area contributed by atoms with E-state index in [1.807, 2.05) is 0 Å². The minimum Gasteiger partial charge on any atom is -0.497 e. The van der Waals surface area contributed by atoms with Crippen molar-refractivity contribution in [1.29, 1.82) is 0 Å². The van der Waals surface area contributed by atoms with E-state index in [0.29, 0.717) is 12.1 Å². The fourth-order valence-corrected chi connectivity index (χ4v) is 5.26. The van der Waals surface area contributed by atoms with Crippen LogP contribution in [0.4, 0.5) is 0 Å². The van der Waals surface area contributed by atoms with Crippen LogP contribution in [0.2, 0.25) is 0 Å². The van der Waals surface area contributed by atoms with Crippen molar-refractivity contribution in [2.75, 3.05) is 72.7 Å². The monoisotopic (exact) mass is 443 g/mol. The van der Waals surface area contributed by atoms with Gasteiger partial charge in [0.05, 0.1) is 32.9 Å². The van der Waals surface area contributed by atoms with Crippen LogP contribution >= 0.6 is 0 Å². The summed E-state index contributed by atoms with van der Waals surface area (Å²) in [6, 6.07) is 9.51. The Morgan fingerprint density at radius 2 is 1.84 bits per heavy atom. The van der Waals surface area contributed by atoms with Crippen LogP contribution in [0.1, 0.15) is 44.2 Å². The molecular weight excluding hydrogens is 402 g/mol. The fourth-order valence-electron chi connectivity index (χ4n) is 5.26. The molecule has 7 heteroatoms. The highest BCUT2D eigenvalue weighted by molar-refractivity contribution is 5.80. The number of nitrogens with zero attached hydrogens (tertiary/aromatic N) is 4. The quantitative estimate of drug-likeness (QED) is 0.516. The molecule has 0 amide bonds. The third-order valence-corrected chi connectivity index (χ3v) is 7.11. The number of guanidine groups is 1. The molecule has 7 nitrogen and oxygen atoms in total. The summed E-state index contributed by atoms with van der Waals surface area (Å²) >= 11 is 0. The van der Waals surface area contributed by atoms with E-state index >= 15 is 0 Å². The number of morpholine rings is 1. The molecule has 2 unspecified atom stereocenters. The number of methoxy groups -OCH3 is 1. The van der Waals surface area contributed by atoms with Gasteiger partial charge in [0.1, 0.15) is 5.75 Å². The number of rotatable bonds is 7. The maximum atomic E-state index is 5.55. The Morgan fingerprint density at radius 1 is 1.09 bits per heavy atom. The third kappa shape index (κ3) is 5.94. The number of hydrogen-bond acceptors (Lipinski definition) is 5. The molecule has 1 aromatic rings. The number of ether oxygens (including phenoxy) is 2. The standard InChI is InChI=1S/C25H41N5O2/c1-3-26-25(30-14-11-22(20-30)28-15-17-32-18-16-28)27-19-24(29-12-5-4-6-13-29)21-7-9-23(31-2)10-8-21/h7-10,22,24H,3-6,11-20H2,1-2H3,(H,26,27). The van der Waals surface area contributed by atoms with Gasteiger partial charge in [-0.15, -0.1) is 0 Å². The number of likely N-dealkylation sites (tertiary alicyclic amines) is 2. The lowest BCUT2D eigenvalue weighted by Crippen LogP contribution is -2.47. The largest absolute Gasteiger partial charge is 0.497 e. The topological polar surface area (TPSA) is 52.6 Å². The van der Waals surface area contributed by atoms with Crippen molar-refractivity contribution in [3.8, 4) is 5.75 Å². The summed E-state index contributed by atoms with van der Waals surface area (Å²) in [6.45, 7) is 12.1. The van der Waals surface area contributed by atoms with E-state index in [9.17, 15) is 0 Å². The molecule has 3 saturated heterocycles. The summed E-state index contributed by atoms with van der Waals surface area (Å²) < 4.78 is 10.9. The summed E-state index contributed by atoms with van der Waals surface area (Å²) in [6.07, 6.45) is 5.11. The van der Waals surface area contributed by atoms with Gasteiger partial charge in [-0.1, -0.05) is 18.6 Å². The number of piperidine rings is 1. The van der Waals surface area contributed by atoms with Crippen LogP contribution in [0.15, 0.2) is 29.3 Å². The van der Waals surface area contributed by atoms with E-state index in [2.05, 4.69) is 51.2 Å². The summed E-state index contributed by atoms with van der Waals surface area (Å²) in [5.74, 6) is 1.98. The van der Waals surface area contributed by atoms with Gasteiger partial charge < -0.3 is 19.7 Å². The van der Waals surface area contributed by atoms with Gasteiger partial charge in [-0.3, -0.25) is 14.8 Å². The highest BCUT2D eigenvalue weighted by Crippen LogP contribution is 2.27. The number of benzene rings is 1. The first-order valence-electron chi connectivity index (χ1n) is 12.5. The van der Waals surface area contributed by atoms with Gasteiger partial charge in [0.15, 0.2) is 5.96 Å². The number of aliphatic imine (C=N–C) groups is 1. The van der Waals surface area contributed by atoms with Crippen LogP contribution in [0.3, 0.4) is 0 Å². The second-order valence-corrected chi connectivity index (χ2v) is 9.12. The fraction of sp³-hybridized carbons (Fsp3) is 0.720. The SMILES string of the molecule is CCNC(=NCC(c1ccc(OC)cc1)N1CCCCC1)N1CCC(N2CCOCC2)C1. The molecule has 3 aliphatic heterocycles. The lowest BCUT2D eigenvalue weighted by molar-refractivity contribution is 0.0195. The van der Waals surface area contributed by atoms with Crippen molar-refractivity contribution in [3.05, 3.63) is 29.8 Å². The lowest BCUT2D eigenvalue weighted by atomic mass is 10.0. The molecule has 0 radical (unpaired) electrons. The van der Waals surface area contributed by atoms with E-state index in [4.69, 9.17) is 14.5 Å². The zero-order valence-electron chi connectivity index (χ0n) is 20.0. The Balaban J connectivity index is 1.46. The smallest absolute Gasteiger partial charge is 0.194 e. The van der Waals surface area contributed by atoms with E-state index < -0.39 is 0 Å². The Kier molecular flexibility index (Phi) is 8.65. The average molecular weight is 444 g/mol. The second kappa shape index (κ2) is 11.9. The molecule has 1 aromatic carbocycles. The predicted molar refractivity (Wildman–Crippen MR) is 130 cm³/mol. The zero-order chi connectivity index (χ0) is 22.2. The van der Waals surface area contributed by atoms with E-state index in [0.717, 1.165) is 77.3 Å². The molecule has 2 atom stereocenters. The van der Waals surface area contributed by atoms with Gasteiger partial charge in [-0.2, -0.15) is 0 Å². The van der Waals surface area contributed by atoms with Crippen LogP contribution in [0.5, 0.6) is 5.75 Å². The lowest BCUT2D eigenvalue weighted by Gasteiger charge is -2.34. The summed E-state index contributed by atoms with van der Waals surface area (Å²) in [5, 5.41) is 3.57. The van der Waals surface area contributed by atoms with E-state index in [1.54, 1.807) is 7.11 Å².